The van der Waals surface area contributed by atoms with E-state index in [1.807, 2.05) is 11.9 Å². The van der Waals surface area contributed by atoms with Gasteiger partial charge in [0.2, 0.25) is 10.0 Å². The van der Waals surface area contributed by atoms with Crippen LogP contribution in [0.5, 0.6) is 0 Å². The average Bonchev–Trinajstić information content (AvgIpc) is 2.66. The molecule has 2 aromatic rings. The maximum Gasteiger partial charge on any atom is 0.253 e. The van der Waals surface area contributed by atoms with Gasteiger partial charge in [0.15, 0.2) is 0 Å². The van der Waals surface area contributed by atoms with Crippen molar-refractivity contribution < 1.29 is 17.6 Å². The second-order valence-corrected chi connectivity index (χ2v) is 8.92. The first-order valence-electron chi connectivity index (χ1n) is 9.05. The minimum absolute atomic E-state index is 0.00240. The Kier molecular flexibility index (Phi) is 6.00. The van der Waals surface area contributed by atoms with E-state index in [4.69, 9.17) is 0 Å². The predicted octanol–water partition coefficient (Wildman–Crippen LogP) is 2.18. The molecule has 0 aromatic heterocycles. The highest BCUT2D eigenvalue weighted by Gasteiger charge is 2.22. The lowest BCUT2D eigenvalue weighted by Crippen LogP contribution is -2.47. The number of benzene rings is 2. The van der Waals surface area contributed by atoms with Crippen LogP contribution < -0.4 is 4.31 Å². The molecule has 1 heterocycles. The Morgan fingerprint density at radius 1 is 1.04 bits per heavy atom. The first-order valence-corrected chi connectivity index (χ1v) is 10.9. The van der Waals surface area contributed by atoms with Gasteiger partial charge in [-0.15, -0.1) is 0 Å². The number of hydrogen-bond acceptors (Lipinski definition) is 4. The highest BCUT2D eigenvalue weighted by Crippen LogP contribution is 2.24. The molecular weight excluding hydrogens is 381 g/mol. The summed E-state index contributed by atoms with van der Waals surface area (Å²) < 4.78 is 39.5. The molecule has 0 spiro atoms. The third-order valence-corrected chi connectivity index (χ3v) is 5.97. The van der Waals surface area contributed by atoms with Gasteiger partial charge in [0.25, 0.3) is 5.91 Å². The summed E-state index contributed by atoms with van der Waals surface area (Å²) >= 11 is 0. The van der Waals surface area contributed by atoms with E-state index < -0.39 is 15.8 Å². The molecule has 3 rings (SSSR count). The third-order valence-electron chi connectivity index (χ3n) is 4.84. The highest BCUT2D eigenvalue weighted by atomic mass is 32.2. The maximum atomic E-state index is 14.1. The molecule has 1 aliphatic rings. The summed E-state index contributed by atoms with van der Waals surface area (Å²) in [6, 6.07) is 12.6. The lowest BCUT2D eigenvalue weighted by Gasteiger charge is -2.32. The van der Waals surface area contributed by atoms with Gasteiger partial charge in [-0.1, -0.05) is 24.3 Å². The number of halogens is 1. The van der Waals surface area contributed by atoms with Crippen LogP contribution in [-0.2, 0) is 16.6 Å². The summed E-state index contributed by atoms with van der Waals surface area (Å²) in [5.74, 6) is -0.636. The molecule has 0 N–H and O–H groups in total. The standard InChI is InChI=1S/C20H24FN3O3S/c1-22-11-13-23(14-12-22)20(25)17-9-7-16(8-10-17)15-24(28(2,26)27)19-6-4-3-5-18(19)21/h3-10H,11-15H2,1-2H3. The number of carbonyl (C=O) groups is 1. The largest absolute Gasteiger partial charge is 0.336 e. The number of para-hydroxylation sites is 1. The molecule has 150 valence electrons. The fourth-order valence-electron chi connectivity index (χ4n) is 3.15. The van der Waals surface area contributed by atoms with Crippen LogP contribution in [0.4, 0.5) is 10.1 Å². The molecular formula is C20H24FN3O3S. The molecule has 0 atom stereocenters. The Bertz CT molecular complexity index is 939. The lowest BCUT2D eigenvalue weighted by molar-refractivity contribution is 0.0664. The third kappa shape index (κ3) is 4.69. The Labute approximate surface area is 165 Å². The molecule has 28 heavy (non-hydrogen) atoms. The van der Waals surface area contributed by atoms with E-state index in [1.54, 1.807) is 30.3 Å². The van der Waals surface area contributed by atoms with Crippen LogP contribution in [-0.4, -0.2) is 63.6 Å². The van der Waals surface area contributed by atoms with Crippen LogP contribution in [0, 0.1) is 5.82 Å². The van der Waals surface area contributed by atoms with Gasteiger partial charge in [-0.2, -0.15) is 0 Å². The molecule has 0 saturated carbocycles. The Morgan fingerprint density at radius 2 is 1.64 bits per heavy atom. The molecule has 0 bridgehead atoms. The van der Waals surface area contributed by atoms with Crippen molar-refractivity contribution in [3.63, 3.8) is 0 Å². The number of anilines is 1. The maximum absolute atomic E-state index is 14.1. The molecule has 1 aliphatic heterocycles. The zero-order valence-corrected chi connectivity index (χ0v) is 16.8. The fourth-order valence-corrected chi connectivity index (χ4v) is 4.03. The molecule has 6 nitrogen and oxygen atoms in total. The summed E-state index contributed by atoms with van der Waals surface area (Å²) in [4.78, 5) is 16.6. The number of nitrogens with zero attached hydrogens (tertiary/aromatic N) is 3. The number of amides is 1. The van der Waals surface area contributed by atoms with Crippen molar-refractivity contribution in [1.29, 1.82) is 0 Å². The van der Waals surface area contributed by atoms with Gasteiger partial charge >= 0.3 is 0 Å². The molecule has 1 amide bonds. The Hall–Kier alpha value is -2.45. The van der Waals surface area contributed by atoms with E-state index in [2.05, 4.69) is 4.90 Å². The lowest BCUT2D eigenvalue weighted by atomic mass is 10.1. The summed E-state index contributed by atoms with van der Waals surface area (Å²) in [6.45, 7) is 3.05. The van der Waals surface area contributed by atoms with E-state index in [0.29, 0.717) is 24.2 Å². The SMILES string of the molecule is CN1CCN(C(=O)c2ccc(CN(c3ccccc3F)S(C)(=O)=O)cc2)CC1. The monoisotopic (exact) mass is 405 g/mol. The zero-order valence-electron chi connectivity index (χ0n) is 16.0. The highest BCUT2D eigenvalue weighted by molar-refractivity contribution is 7.92. The van der Waals surface area contributed by atoms with Gasteiger partial charge in [-0.05, 0) is 36.9 Å². The first-order chi connectivity index (χ1) is 13.3. The molecule has 1 fully saturated rings. The summed E-state index contributed by atoms with van der Waals surface area (Å²) in [5, 5.41) is 0. The van der Waals surface area contributed by atoms with Crippen LogP contribution >= 0.6 is 0 Å². The van der Waals surface area contributed by atoms with Crippen LogP contribution in [0.1, 0.15) is 15.9 Å². The van der Waals surface area contributed by atoms with Crippen LogP contribution in [0.3, 0.4) is 0 Å². The smallest absolute Gasteiger partial charge is 0.253 e. The average molecular weight is 405 g/mol. The predicted molar refractivity (Wildman–Crippen MR) is 107 cm³/mol. The summed E-state index contributed by atoms with van der Waals surface area (Å²) in [5.41, 5.74) is 1.23. The van der Waals surface area contributed by atoms with Crippen molar-refractivity contribution in [2.75, 3.05) is 43.8 Å². The van der Waals surface area contributed by atoms with E-state index >= 15 is 0 Å². The van der Waals surface area contributed by atoms with E-state index in [1.165, 1.54) is 18.2 Å². The normalized spacial score (nSPS) is 15.5. The number of likely N-dealkylation sites (N-methyl/N-ethyl adjacent to an activating group) is 1. The van der Waals surface area contributed by atoms with Gasteiger partial charge in [-0.3, -0.25) is 9.10 Å². The topological polar surface area (TPSA) is 60.9 Å². The molecule has 1 saturated heterocycles. The van der Waals surface area contributed by atoms with Gasteiger partial charge in [0.1, 0.15) is 5.82 Å². The van der Waals surface area contributed by atoms with Crippen molar-refractivity contribution in [2.24, 2.45) is 0 Å². The van der Waals surface area contributed by atoms with Gasteiger partial charge < -0.3 is 9.80 Å². The van der Waals surface area contributed by atoms with Crippen LogP contribution in [0.25, 0.3) is 0 Å². The van der Waals surface area contributed by atoms with Gasteiger partial charge in [0.05, 0.1) is 18.5 Å². The zero-order chi connectivity index (χ0) is 20.3. The Balaban J connectivity index is 1.77. The number of carbonyl (C=O) groups excluding carboxylic acids is 1. The molecule has 0 aliphatic carbocycles. The van der Waals surface area contributed by atoms with Crippen molar-refractivity contribution >= 4 is 21.6 Å². The van der Waals surface area contributed by atoms with Crippen molar-refractivity contribution in [2.45, 2.75) is 6.54 Å². The van der Waals surface area contributed by atoms with Crippen molar-refractivity contribution in [1.82, 2.24) is 9.80 Å². The van der Waals surface area contributed by atoms with Crippen LogP contribution in [0.2, 0.25) is 0 Å². The van der Waals surface area contributed by atoms with E-state index in [9.17, 15) is 17.6 Å². The van der Waals surface area contributed by atoms with Crippen molar-refractivity contribution in [3.05, 3.63) is 65.5 Å². The minimum atomic E-state index is -3.67. The molecule has 8 heteroatoms. The minimum Gasteiger partial charge on any atom is -0.336 e. The molecule has 2 aromatic carbocycles. The molecule has 0 unspecified atom stereocenters. The van der Waals surface area contributed by atoms with Crippen LogP contribution in [0.15, 0.2) is 48.5 Å². The first kappa shape index (κ1) is 20.3. The number of hydrogen-bond donors (Lipinski definition) is 0. The fraction of sp³-hybridized carbons (Fsp3) is 0.350. The van der Waals surface area contributed by atoms with Gasteiger partial charge in [-0.25, -0.2) is 12.8 Å². The van der Waals surface area contributed by atoms with E-state index in [0.717, 1.165) is 23.7 Å². The van der Waals surface area contributed by atoms with E-state index in [-0.39, 0.29) is 18.1 Å². The molecule has 0 radical (unpaired) electrons. The van der Waals surface area contributed by atoms with Crippen molar-refractivity contribution in [3.8, 4) is 0 Å². The summed E-state index contributed by atoms with van der Waals surface area (Å²) in [7, 11) is -1.65. The number of piperazine rings is 1. The number of rotatable bonds is 5. The quantitative estimate of drug-likeness (QED) is 0.765. The number of sulfonamides is 1. The summed E-state index contributed by atoms with van der Waals surface area (Å²) in [6.07, 6.45) is 1.05. The Morgan fingerprint density at radius 3 is 2.21 bits per heavy atom. The second-order valence-electron chi connectivity index (χ2n) is 7.01. The van der Waals surface area contributed by atoms with Gasteiger partial charge in [0, 0.05) is 31.7 Å². The second kappa shape index (κ2) is 8.28.